The molecule has 0 fully saturated rings. The van der Waals surface area contributed by atoms with Crippen molar-refractivity contribution in [2.45, 2.75) is 26.4 Å². The van der Waals surface area contributed by atoms with E-state index < -0.39 is 0 Å². The van der Waals surface area contributed by atoms with Gasteiger partial charge in [0.1, 0.15) is 22.5 Å². The van der Waals surface area contributed by atoms with Gasteiger partial charge in [0, 0.05) is 6.04 Å². The van der Waals surface area contributed by atoms with Gasteiger partial charge in [-0.15, -0.1) is 11.3 Å². The van der Waals surface area contributed by atoms with Gasteiger partial charge in [-0.3, -0.25) is 0 Å². The number of hydrogen-bond acceptors (Lipinski definition) is 4. The molecule has 2 aromatic heterocycles. The van der Waals surface area contributed by atoms with Gasteiger partial charge in [-0.1, -0.05) is 13.8 Å². The van der Waals surface area contributed by atoms with Crippen molar-refractivity contribution in [3.05, 3.63) is 34.9 Å². The molecule has 0 aliphatic carbocycles. The third kappa shape index (κ3) is 2.96. The van der Waals surface area contributed by atoms with E-state index in [2.05, 4.69) is 25.2 Å². The average Bonchev–Trinajstić information content (AvgIpc) is 2.94. The Labute approximate surface area is 105 Å². The number of thiophene rings is 1. The normalized spacial score (nSPS) is 10.7. The summed E-state index contributed by atoms with van der Waals surface area (Å²) in [6.07, 6.45) is 0. The SMILES string of the molecule is CC(C)NCc1ccc(-c2ccc(C#N)s2)o1. The maximum atomic E-state index is 8.77. The smallest absolute Gasteiger partial charge is 0.144 e. The lowest BCUT2D eigenvalue weighted by Gasteiger charge is -2.04. The Morgan fingerprint density at radius 3 is 2.82 bits per heavy atom. The number of nitrogens with one attached hydrogen (secondary N) is 1. The van der Waals surface area contributed by atoms with E-state index in [0.29, 0.717) is 10.9 Å². The van der Waals surface area contributed by atoms with Crippen LogP contribution in [0.4, 0.5) is 0 Å². The zero-order valence-corrected chi connectivity index (χ0v) is 10.7. The summed E-state index contributed by atoms with van der Waals surface area (Å²) in [5, 5.41) is 12.1. The van der Waals surface area contributed by atoms with Gasteiger partial charge in [-0.25, -0.2) is 0 Å². The molecule has 2 aromatic rings. The minimum Gasteiger partial charge on any atom is -0.459 e. The number of furan rings is 1. The predicted octanol–water partition coefficient (Wildman–Crippen LogP) is 3.38. The predicted molar refractivity (Wildman–Crippen MR) is 68.7 cm³/mol. The lowest BCUT2D eigenvalue weighted by Crippen LogP contribution is -2.21. The second-order valence-electron chi connectivity index (χ2n) is 4.08. The molecule has 0 aliphatic rings. The minimum absolute atomic E-state index is 0.440. The summed E-state index contributed by atoms with van der Waals surface area (Å²) in [4.78, 5) is 1.70. The van der Waals surface area contributed by atoms with E-state index in [9.17, 15) is 0 Å². The van der Waals surface area contributed by atoms with Crippen molar-refractivity contribution in [2.75, 3.05) is 0 Å². The highest BCUT2D eigenvalue weighted by atomic mass is 32.1. The number of nitriles is 1. The van der Waals surface area contributed by atoms with E-state index in [4.69, 9.17) is 9.68 Å². The molecular formula is C13H14N2OS. The molecule has 2 heterocycles. The van der Waals surface area contributed by atoms with Crippen molar-refractivity contribution in [1.82, 2.24) is 5.32 Å². The fourth-order valence-corrected chi connectivity index (χ4v) is 2.21. The highest BCUT2D eigenvalue weighted by Gasteiger charge is 2.07. The van der Waals surface area contributed by atoms with Crippen molar-refractivity contribution < 1.29 is 4.42 Å². The maximum Gasteiger partial charge on any atom is 0.144 e. The molecule has 0 spiro atoms. The van der Waals surface area contributed by atoms with Crippen LogP contribution < -0.4 is 5.32 Å². The Kier molecular flexibility index (Phi) is 3.62. The van der Waals surface area contributed by atoms with Gasteiger partial charge >= 0.3 is 0 Å². The molecule has 17 heavy (non-hydrogen) atoms. The summed E-state index contributed by atoms with van der Waals surface area (Å²) in [5.41, 5.74) is 0. The van der Waals surface area contributed by atoms with Crippen molar-refractivity contribution in [1.29, 1.82) is 5.26 Å². The average molecular weight is 246 g/mol. The van der Waals surface area contributed by atoms with Crippen LogP contribution in [0.5, 0.6) is 0 Å². The topological polar surface area (TPSA) is 49.0 Å². The van der Waals surface area contributed by atoms with Gasteiger partial charge in [-0.05, 0) is 24.3 Å². The molecule has 0 atom stereocenters. The molecular weight excluding hydrogens is 232 g/mol. The van der Waals surface area contributed by atoms with Crippen molar-refractivity contribution in [2.24, 2.45) is 0 Å². The summed E-state index contributed by atoms with van der Waals surface area (Å²) in [5.74, 6) is 1.75. The van der Waals surface area contributed by atoms with E-state index >= 15 is 0 Å². The Bertz CT molecular complexity index is 534. The van der Waals surface area contributed by atoms with Crippen LogP contribution in [0.15, 0.2) is 28.7 Å². The van der Waals surface area contributed by atoms with Gasteiger partial charge in [0.05, 0.1) is 11.4 Å². The van der Waals surface area contributed by atoms with E-state index in [1.54, 1.807) is 0 Å². The van der Waals surface area contributed by atoms with E-state index in [1.807, 2.05) is 24.3 Å². The van der Waals surface area contributed by atoms with Crippen molar-refractivity contribution >= 4 is 11.3 Å². The lowest BCUT2D eigenvalue weighted by atomic mass is 10.3. The lowest BCUT2D eigenvalue weighted by molar-refractivity contribution is 0.474. The van der Waals surface area contributed by atoms with Gasteiger partial charge < -0.3 is 9.73 Å². The molecule has 0 bridgehead atoms. The first-order valence-electron chi connectivity index (χ1n) is 5.51. The third-order valence-electron chi connectivity index (χ3n) is 2.31. The zero-order valence-electron chi connectivity index (χ0n) is 9.86. The molecule has 2 rings (SSSR count). The van der Waals surface area contributed by atoms with E-state index in [0.717, 1.165) is 22.9 Å². The van der Waals surface area contributed by atoms with Gasteiger partial charge in [0.15, 0.2) is 0 Å². The molecule has 0 saturated carbocycles. The van der Waals surface area contributed by atoms with Crippen LogP contribution in [0.1, 0.15) is 24.5 Å². The van der Waals surface area contributed by atoms with Gasteiger partial charge in [0.25, 0.3) is 0 Å². The Morgan fingerprint density at radius 2 is 2.18 bits per heavy atom. The Balaban J connectivity index is 2.10. The monoisotopic (exact) mass is 246 g/mol. The summed E-state index contributed by atoms with van der Waals surface area (Å²) >= 11 is 1.45. The van der Waals surface area contributed by atoms with Crippen LogP contribution in [0.3, 0.4) is 0 Å². The van der Waals surface area contributed by atoms with Crippen LogP contribution in [0.25, 0.3) is 10.6 Å². The highest BCUT2D eigenvalue weighted by Crippen LogP contribution is 2.29. The number of nitrogens with zero attached hydrogens (tertiary/aromatic N) is 1. The summed E-state index contributed by atoms with van der Waals surface area (Å²) in [6, 6.07) is 10.2. The highest BCUT2D eigenvalue weighted by molar-refractivity contribution is 7.15. The standard InChI is InChI=1S/C13H14N2OS/c1-9(2)15-8-10-3-5-12(16-10)13-6-4-11(7-14)17-13/h3-6,9,15H,8H2,1-2H3. The number of hydrogen-bond donors (Lipinski definition) is 1. The largest absolute Gasteiger partial charge is 0.459 e. The van der Waals surface area contributed by atoms with Crippen LogP contribution in [0, 0.1) is 11.3 Å². The molecule has 0 unspecified atom stereocenters. The molecule has 88 valence electrons. The zero-order chi connectivity index (χ0) is 12.3. The molecule has 0 aliphatic heterocycles. The first-order valence-corrected chi connectivity index (χ1v) is 6.33. The van der Waals surface area contributed by atoms with E-state index in [1.165, 1.54) is 11.3 Å². The van der Waals surface area contributed by atoms with Crippen LogP contribution >= 0.6 is 11.3 Å². The fourth-order valence-electron chi connectivity index (χ4n) is 1.44. The summed E-state index contributed by atoms with van der Waals surface area (Å²) in [6.45, 7) is 4.93. The second-order valence-corrected chi connectivity index (χ2v) is 5.16. The molecule has 0 aromatic carbocycles. The van der Waals surface area contributed by atoms with Crippen LogP contribution in [0.2, 0.25) is 0 Å². The minimum atomic E-state index is 0.440. The second kappa shape index (κ2) is 5.17. The number of rotatable bonds is 4. The molecule has 0 saturated heterocycles. The molecule has 0 amide bonds. The summed E-state index contributed by atoms with van der Waals surface area (Å²) in [7, 11) is 0. The van der Waals surface area contributed by atoms with Gasteiger partial charge in [0.2, 0.25) is 0 Å². The maximum absolute atomic E-state index is 8.77. The van der Waals surface area contributed by atoms with Gasteiger partial charge in [-0.2, -0.15) is 5.26 Å². The first kappa shape index (κ1) is 11.9. The van der Waals surface area contributed by atoms with Crippen molar-refractivity contribution in [3.8, 4) is 16.7 Å². The first-order chi connectivity index (χ1) is 8.19. The Morgan fingerprint density at radius 1 is 1.35 bits per heavy atom. The molecule has 1 N–H and O–H groups in total. The Hall–Kier alpha value is -1.57. The molecule has 0 radical (unpaired) electrons. The fraction of sp³-hybridized carbons (Fsp3) is 0.308. The molecule has 4 heteroatoms. The third-order valence-corrected chi connectivity index (χ3v) is 3.31. The quantitative estimate of drug-likeness (QED) is 0.899. The molecule has 3 nitrogen and oxygen atoms in total. The van der Waals surface area contributed by atoms with E-state index in [-0.39, 0.29) is 0 Å². The van der Waals surface area contributed by atoms with Crippen LogP contribution in [-0.4, -0.2) is 6.04 Å². The summed E-state index contributed by atoms with van der Waals surface area (Å²) < 4.78 is 5.72. The van der Waals surface area contributed by atoms with Crippen LogP contribution in [-0.2, 0) is 6.54 Å². The van der Waals surface area contributed by atoms with Crippen molar-refractivity contribution in [3.63, 3.8) is 0 Å².